The molecule has 2 N–H and O–H groups in total. The number of carbonyl (C=O) groups excluding carboxylic acids is 1. The van der Waals surface area contributed by atoms with Crippen molar-refractivity contribution in [2.24, 2.45) is 11.3 Å². The third-order valence-electron chi connectivity index (χ3n) is 4.28. The Labute approximate surface area is 121 Å². The summed E-state index contributed by atoms with van der Waals surface area (Å²) in [6.07, 6.45) is 5.19. The van der Waals surface area contributed by atoms with Crippen LogP contribution in [0.3, 0.4) is 0 Å². The van der Waals surface area contributed by atoms with Crippen molar-refractivity contribution in [1.82, 2.24) is 0 Å². The number of hydrogen-bond donors (Lipinski definition) is 2. The lowest BCUT2D eigenvalue weighted by atomic mass is 9.77. The molecule has 20 heavy (non-hydrogen) atoms. The number of amides is 1. The Kier molecular flexibility index (Phi) is 4.81. The SMILES string of the molecule is CC(C)CC1(C(=O)Nc2ccccc2CO)CCCC1. The second kappa shape index (κ2) is 6.40. The first kappa shape index (κ1) is 15.0. The van der Waals surface area contributed by atoms with Crippen molar-refractivity contribution >= 4 is 11.6 Å². The molecule has 3 heteroatoms. The molecule has 3 nitrogen and oxygen atoms in total. The molecular weight excluding hydrogens is 250 g/mol. The Morgan fingerprint density at radius 3 is 2.55 bits per heavy atom. The molecule has 1 aliphatic carbocycles. The highest BCUT2D eigenvalue weighted by Crippen LogP contribution is 2.44. The van der Waals surface area contributed by atoms with Gasteiger partial charge in [0.25, 0.3) is 0 Å². The molecular formula is C17H25NO2. The summed E-state index contributed by atoms with van der Waals surface area (Å²) in [4.78, 5) is 12.7. The van der Waals surface area contributed by atoms with Gasteiger partial charge in [-0.15, -0.1) is 0 Å². The molecule has 2 rings (SSSR count). The quantitative estimate of drug-likeness (QED) is 0.860. The molecule has 1 fully saturated rings. The van der Waals surface area contributed by atoms with Crippen molar-refractivity contribution in [3.63, 3.8) is 0 Å². The molecule has 0 atom stereocenters. The van der Waals surface area contributed by atoms with Crippen LogP contribution in [0, 0.1) is 11.3 Å². The summed E-state index contributed by atoms with van der Waals surface area (Å²) in [7, 11) is 0. The topological polar surface area (TPSA) is 49.3 Å². The van der Waals surface area contributed by atoms with Crippen molar-refractivity contribution in [2.45, 2.75) is 52.6 Å². The zero-order valence-corrected chi connectivity index (χ0v) is 12.5. The van der Waals surface area contributed by atoms with E-state index >= 15 is 0 Å². The number of aliphatic hydroxyl groups is 1. The number of nitrogens with one attached hydrogen (secondary N) is 1. The lowest BCUT2D eigenvalue weighted by molar-refractivity contribution is -0.126. The minimum Gasteiger partial charge on any atom is -0.392 e. The van der Waals surface area contributed by atoms with Gasteiger partial charge >= 0.3 is 0 Å². The number of aliphatic hydroxyl groups excluding tert-OH is 1. The maximum absolute atomic E-state index is 12.7. The molecule has 0 bridgehead atoms. The van der Waals surface area contributed by atoms with E-state index in [4.69, 9.17) is 0 Å². The monoisotopic (exact) mass is 275 g/mol. The predicted octanol–water partition coefficient (Wildman–Crippen LogP) is 3.72. The number of benzene rings is 1. The minimum atomic E-state index is -0.212. The summed E-state index contributed by atoms with van der Waals surface area (Å²) in [6.45, 7) is 4.30. The molecule has 110 valence electrons. The van der Waals surface area contributed by atoms with E-state index in [1.165, 1.54) is 0 Å². The molecule has 0 saturated heterocycles. The second-order valence-electron chi connectivity index (χ2n) is 6.35. The average molecular weight is 275 g/mol. The Morgan fingerprint density at radius 2 is 1.95 bits per heavy atom. The van der Waals surface area contributed by atoms with Gasteiger partial charge in [0.2, 0.25) is 5.91 Å². The average Bonchev–Trinajstić information content (AvgIpc) is 2.88. The number of para-hydroxylation sites is 1. The minimum absolute atomic E-state index is 0.0480. The molecule has 1 aliphatic rings. The number of anilines is 1. The third-order valence-corrected chi connectivity index (χ3v) is 4.28. The summed E-state index contributed by atoms with van der Waals surface area (Å²) in [5, 5.41) is 12.4. The Hall–Kier alpha value is -1.35. The van der Waals surface area contributed by atoms with E-state index in [0.29, 0.717) is 5.92 Å². The summed E-state index contributed by atoms with van der Waals surface area (Å²) < 4.78 is 0. The van der Waals surface area contributed by atoms with Crippen LogP contribution in [0.1, 0.15) is 51.5 Å². The van der Waals surface area contributed by atoms with Gasteiger partial charge in [0.05, 0.1) is 6.61 Å². The van der Waals surface area contributed by atoms with Gasteiger partial charge in [-0.3, -0.25) is 4.79 Å². The van der Waals surface area contributed by atoms with Crippen molar-refractivity contribution in [3.05, 3.63) is 29.8 Å². The highest BCUT2D eigenvalue weighted by Gasteiger charge is 2.41. The Bertz CT molecular complexity index is 462. The molecule has 0 heterocycles. The fraction of sp³-hybridized carbons (Fsp3) is 0.588. The van der Waals surface area contributed by atoms with Gasteiger partial charge in [-0.2, -0.15) is 0 Å². The van der Waals surface area contributed by atoms with Crippen molar-refractivity contribution in [2.75, 3.05) is 5.32 Å². The smallest absolute Gasteiger partial charge is 0.230 e. The lowest BCUT2D eigenvalue weighted by Gasteiger charge is -2.29. The predicted molar refractivity (Wildman–Crippen MR) is 81.4 cm³/mol. The largest absolute Gasteiger partial charge is 0.392 e. The van der Waals surface area contributed by atoms with Gasteiger partial charge in [-0.25, -0.2) is 0 Å². The van der Waals surface area contributed by atoms with Crippen LogP contribution >= 0.6 is 0 Å². The number of rotatable bonds is 5. The van der Waals surface area contributed by atoms with Crippen LogP contribution in [0.5, 0.6) is 0 Å². The van der Waals surface area contributed by atoms with Gasteiger partial charge < -0.3 is 10.4 Å². The van der Waals surface area contributed by atoms with Crippen LogP contribution < -0.4 is 5.32 Å². The highest BCUT2D eigenvalue weighted by atomic mass is 16.3. The van der Waals surface area contributed by atoms with E-state index in [1.54, 1.807) is 0 Å². The van der Waals surface area contributed by atoms with Crippen molar-refractivity contribution in [3.8, 4) is 0 Å². The summed E-state index contributed by atoms with van der Waals surface area (Å²) in [5.74, 6) is 0.650. The van der Waals surface area contributed by atoms with Crippen LogP contribution in [-0.2, 0) is 11.4 Å². The first-order valence-corrected chi connectivity index (χ1v) is 7.57. The molecule has 1 saturated carbocycles. The lowest BCUT2D eigenvalue weighted by Crippen LogP contribution is -2.35. The van der Waals surface area contributed by atoms with Crippen LogP contribution in [0.2, 0.25) is 0 Å². The zero-order chi connectivity index (χ0) is 14.6. The first-order chi connectivity index (χ1) is 9.57. The van der Waals surface area contributed by atoms with Gasteiger partial charge in [0, 0.05) is 16.7 Å². The fourth-order valence-electron chi connectivity index (χ4n) is 3.39. The third kappa shape index (κ3) is 3.21. The molecule has 1 aromatic carbocycles. The molecule has 0 aliphatic heterocycles. The molecule has 1 aromatic rings. The van der Waals surface area contributed by atoms with Gasteiger partial charge in [-0.1, -0.05) is 44.9 Å². The van der Waals surface area contributed by atoms with E-state index in [9.17, 15) is 9.90 Å². The molecule has 0 spiro atoms. The number of carbonyl (C=O) groups is 1. The molecule has 0 radical (unpaired) electrons. The van der Waals surface area contributed by atoms with E-state index in [1.807, 2.05) is 24.3 Å². The summed E-state index contributed by atoms with van der Waals surface area (Å²) in [5.41, 5.74) is 1.31. The van der Waals surface area contributed by atoms with E-state index < -0.39 is 0 Å². The van der Waals surface area contributed by atoms with Crippen LogP contribution in [0.15, 0.2) is 24.3 Å². The van der Waals surface area contributed by atoms with E-state index in [0.717, 1.165) is 43.4 Å². The molecule has 1 amide bonds. The Morgan fingerprint density at radius 1 is 1.30 bits per heavy atom. The van der Waals surface area contributed by atoms with Crippen molar-refractivity contribution < 1.29 is 9.90 Å². The second-order valence-corrected chi connectivity index (χ2v) is 6.35. The normalized spacial score (nSPS) is 17.4. The maximum atomic E-state index is 12.7. The first-order valence-electron chi connectivity index (χ1n) is 7.57. The van der Waals surface area contributed by atoms with E-state index in [2.05, 4.69) is 19.2 Å². The van der Waals surface area contributed by atoms with Crippen LogP contribution in [-0.4, -0.2) is 11.0 Å². The van der Waals surface area contributed by atoms with Crippen LogP contribution in [0.25, 0.3) is 0 Å². The molecule has 0 aromatic heterocycles. The standard InChI is InChI=1S/C17H25NO2/c1-13(2)11-17(9-5-6-10-17)16(20)18-15-8-4-3-7-14(15)12-19/h3-4,7-8,13,19H,5-6,9-12H2,1-2H3,(H,18,20). The van der Waals surface area contributed by atoms with Crippen molar-refractivity contribution in [1.29, 1.82) is 0 Å². The molecule has 0 unspecified atom stereocenters. The zero-order valence-electron chi connectivity index (χ0n) is 12.5. The van der Waals surface area contributed by atoms with Gasteiger partial charge in [-0.05, 0) is 31.2 Å². The van der Waals surface area contributed by atoms with E-state index in [-0.39, 0.29) is 17.9 Å². The fourth-order valence-corrected chi connectivity index (χ4v) is 3.39. The van der Waals surface area contributed by atoms with Gasteiger partial charge in [0.15, 0.2) is 0 Å². The maximum Gasteiger partial charge on any atom is 0.230 e. The highest BCUT2D eigenvalue weighted by molar-refractivity contribution is 5.96. The Balaban J connectivity index is 2.16. The van der Waals surface area contributed by atoms with Crippen LogP contribution in [0.4, 0.5) is 5.69 Å². The number of hydrogen-bond acceptors (Lipinski definition) is 2. The van der Waals surface area contributed by atoms with Gasteiger partial charge in [0.1, 0.15) is 0 Å². The summed E-state index contributed by atoms with van der Waals surface area (Å²) in [6, 6.07) is 7.47. The summed E-state index contributed by atoms with van der Waals surface area (Å²) >= 11 is 0.